The van der Waals surface area contributed by atoms with Crippen molar-refractivity contribution in [1.29, 1.82) is 5.26 Å². The molecule has 3 rings (SSSR count). The third kappa shape index (κ3) is 3.11. The zero-order valence-electron chi connectivity index (χ0n) is 13.7. The summed E-state index contributed by atoms with van der Waals surface area (Å²) in [7, 11) is 0. The van der Waals surface area contributed by atoms with E-state index in [2.05, 4.69) is 10.1 Å². The highest BCUT2D eigenvalue weighted by atomic mass is 19.4. The molecule has 0 bridgehead atoms. The van der Waals surface area contributed by atoms with Crippen LogP contribution in [0.2, 0.25) is 0 Å². The predicted octanol–water partition coefficient (Wildman–Crippen LogP) is 3.63. The average Bonchev–Trinajstić information content (AvgIpc) is 3.01. The molecule has 2 heterocycles. The molecule has 0 saturated heterocycles. The van der Waals surface area contributed by atoms with E-state index in [-0.39, 0.29) is 17.2 Å². The molecule has 27 heavy (non-hydrogen) atoms. The van der Waals surface area contributed by atoms with Gasteiger partial charge in [0.25, 0.3) is 0 Å². The number of fused-ring (bicyclic) bond motifs is 1. The summed E-state index contributed by atoms with van der Waals surface area (Å²) in [5, 5.41) is 13.2. The molecule has 0 aliphatic carbocycles. The molecule has 0 radical (unpaired) electrons. The molecule has 0 amide bonds. The van der Waals surface area contributed by atoms with Crippen molar-refractivity contribution >= 4 is 17.7 Å². The van der Waals surface area contributed by atoms with Crippen molar-refractivity contribution in [3.63, 3.8) is 0 Å². The number of hydrazone groups is 1. The smallest absolute Gasteiger partial charge is 0.368 e. The molecule has 1 aromatic carbocycles. The van der Waals surface area contributed by atoms with Gasteiger partial charge in [0.2, 0.25) is 5.96 Å². The Bertz CT molecular complexity index is 934. The molecular formula is C16H11F6N5. The molecule has 142 valence electrons. The second-order valence-corrected chi connectivity index (χ2v) is 6.22. The standard InChI is InChI=1S/C16H11F6N5/c1-14-6-12(16(20,21)22)26-27(14)13(24)25-11(14)5-8-2-3-9(7-23)10(4-8)15(17,18)19/h2-5H,6H2,1H3,(H2,24,25)/b11-5-. The number of guanidine groups is 1. The second kappa shape index (κ2) is 5.73. The van der Waals surface area contributed by atoms with E-state index in [9.17, 15) is 26.3 Å². The van der Waals surface area contributed by atoms with Crippen LogP contribution in [0.4, 0.5) is 26.3 Å². The van der Waals surface area contributed by atoms with Gasteiger partial charge in [0, 0.05) is 6.42 Å². The first-order valence-corrected chi connectivity index (χ1v) is 7.49. The maximum Gasteiger partial charge on any atom is 0.431 e. The second-order valence-electron chi connectivity index (χ2n) is 6.22. The summed E-state index contributed by atoms with van der Waals surface area (Å²) in [4.78, 5) is 3.95. The van der Waals surface area contributed by atoms with Crippen molar-refractivity contribution in [2.75, 3.05) is 0 Å². The molecular weight excluding hydrogens is 376 g/mol. The van der Waals surface area contributed by atoms with Crippen molar-refractivity contribution in [2.45, 2.75) is 31.2 Å². The summed E-state index contributed by atoms with van der Waals surface area (Å²) in [6, 6.07) is 4.44. The number of nitrogens with zero attached hydrogens (tertiary/aromatic N) is 4. The quantitative estimate of drug-likeness (QED) is 0.748. The monoisotopic (exact) mass is 387 g/mol. The highest BCUT2D eigenvalue weighted by Gasteiger charge is 2.54. The molecule has 0 fully saturated rings. The number of rotatable bonds is 1. The Morgan fingerprint density at radius 2 is 1.89 bits per heavy atom. The van der Waals surface area contributed by atoms with E-state index in [1.165, 1.54) is 25.1 Å². The van der Waals surface area contributed by atoms with E-state index in [0.29, 0.717) is 0 Å². The molecule has 0 saturated carbocycles. The van der Waals surface area contributed by atoms with Gasteiger partial charge in [-0.2, -0.15) is 36.7 Å². The number of hydrogen-bond donors (Lipinski definition) is 1. The molecule has 2 aliphatic heterocycles. The molecule has 0 aromatic heterocycles. The summed E-state index contributed by atoms with van der Waals surface area (Å²) in [6.45, 7) is 1.42. The first-order chi connectivity index (χ1) is 12.4. The van der Waals surface area contributed by atoms with E-state index in [1.54, 1.807) is 0 Å². The van der Waals surface area contributed by atoms with Crippen molar-refractivity contribution in [3.8, 4) is 6.07 Å². The summed E-state index contributed by atoms with van der Waals surface area (Å²) in [6.07, 6.45) is -8.75. The SMILES string of the molecule is CC12CC(C(F)(F)F)=NN1C(N)=N/C2=C\c1ccc(C#N)c(C(F)(F)F)c1. The fraction of sp³-hybridized carbons (Fsp3) is 0.312. The van der Waals surface area contributed by atoms with Gasteiger partial charge >= 0.3 is 12.4 Å². The van der Waals surface area contributed by atoms with Gasteiger partial charge in [-0.1, -0.05) is 6.07 Å². The Morgan fingerprint density at radius 3 is 2.44 bits per heavy atom. The lowest BCUT2D eigenvalue weighted by Crippen LogP contribution is -2.42. The number of aliphatic imine (C=N–C) groups is 1. The van der Waals surface area contributed by atoms with Crippen LogP contribution in [0.25, 0.3) is 6.08 Å². The van der Waals surface area contributed by atoms with E-state index >= 15 is 0 Å². The van der Waals surface area contributed by atoms with Gasteiger partial charge < -0.3 is 5.73 Å². The van der Waals surface area contributed by atoms with Crippen LogP contribution in [0.3, 0.4) is 0 Å². The van der Waals surface area contributed by atoms with Crippen molar-refractivity contribution in [3.05, 3.63) is 40.6 Å². The first-order valence-electron chi connectivity index (χ1n) is 7.49. The zero-order chi connectivity index (χ0) is 20.2. The Morgan fingerprint density at radius 1 is 1.22 bits per heavy atom. The van der Waals surface area contributed by atoms with E-state index < -0.39 is 41.2 Å². The largest absolute Gasteiger partial charge is 0.431 e. The summed E-state index contributed by atoms with van der Waals surface area (Å²) in [5.74, 6) is -0.285. The van der Waals surface area contributed by atoms with Crippen LogP contribution < -0.4 is 5.73 Å². The number of hydrogen-bond acceptors (Lipinski definition) is 5. The Kier molecular flexibility index (Phi) is 3.98. The third-order valence-electron chi connectivity index (χ3n) is 4.30. The van der Waals surface area contributed by atoms with E-state index in [0.717, 1.165) is 17.1 Å². The lowest BCUT2D eigenvalue weighted by Gasteiger charge is -2.26. The number of alkyl halides is 6. The van der Waals surface area contributed by atoms with Gasteiger partial charge in [-0.25, -0.2) is 10.0 Å². The van der Waals surface area contributed by atoms with Gasteiger partial charge in [-0.3, -0.25) is 0 Å². The molecule has 2 N–H and O–H groups in total. The minimum atomic E-state index is -4.76. The molecule has 2 aliphatic rings. The van der Waals surface area contributed by atoms with Crippen LogP contribution in [0, 0.1) is 11.3 Å². The van der Waals surface area contributed by atoms with Crippen LogP contribution in [0.5, 0.6) is 0 Å². The number of halogens is 6. The Hall–Kier alpha value is -3.03. The van der Waals surface area contributed by atoms with E-state index in [1.807, 2.05) is 0 Å². The van der Waals surface area contributed by atoms with Crippen molar-refractivity contribution in [1.82, 2.24) is 5.01 Å². The number of nitrogens with two attached hydrogens (primary N) is 1. The van der Waals surface area contributed by atoms with Crippen LogP contribution >= 0.6 is 0 Å². The lowest BCUT2D eigenvalue weighted by atomic mass is 9.91. The summed E-state index contributed by atoms with van der Waals surface area (Å²) >= 11 is 0. The minimum absolute atomic E-state index is 0.0245. The highest BCUT2D eigenvalue weighted by Crippen LogP contribution is 2.43. The van der Waals surface area contributed by atoms with Gasteiger partial charge in [0.05, 0.1) is 22.9 Å². The maximum absolute atomic E-state index is 13.1. The van der Waals surface area contributed by atoms with Crippen molar-refractivity contribution in [2.24, 2.45) is 15.8 Å². The Balaban J connectivity index is 2.04. The molecule has 5 nitrogen and oxygen atoms in total. The van der Waals surface area contributed by atoms with Crippen LogP contribution in [-0.4, -0.2) is 28.4 Å². The van der Waals surface area contributed by atoms with Gasteiger partial charge in [-0.05, 0) is 30.7 Å². The topological polar surface area (TPSA) is 77.8 Å². The highest BCUT2D eigenvalue weighted by molar-refractivity contribution is 5.98. The number of nitriles is 1. The fourth-order valence-corrected chi connectivity index (χ4v) is 2.95. The molecule has 0 spiro atoms. The summed E-state index contributed by atoms with van der Waals surface area (Å²) in [5.41, 5.74) is 1.59. The van der Waals surface area contributed by atoms with Crippen LogP contribution in [-0.2, 0) is 6.18 Å². The molecule has 1 unspecified atom stereocenters. The minimum Gasteiger partial charge on any atom is -0.368 e. The van der Waals surface area contributed by atoms with Crippen LogP contribution in [0.1, 0.15) is 30.0 Å². The fourth-order valence-electron chi connectivity index (χ4n) is 2.95. The molecule has 1 atom stereocenters. The predicted molar refractivity (Wildman–Crippen MR) is 84.1 cm³/mol. The van der Waals surface area contributed by atoms with Crippen LogP contribution in [0.15, 0.2) is 34.0 Å². The maximum atomic E-state index is 13.1. The third-order valence-corrected chi connectivity index (χ3v) is 4.30. The van der Waals surface area contributed by atoms with E-state index in [4.69, 9.17) is 11.0 Å². The Labute approximate surface area is 149 Å². The lowest BCUT2D eigenvalue weighted by molar-refractivity contribution is -0.137. The average molecular weight is 387 g/mol. The van der Waals surface area contributed by atoms with Crippen molar-refractivity contribution < 1.29 is 26.3 Å². The zero-order valence-corrected chi connectivity index (χ0v) is 13.7. The molecule has 1 aromatic rings. The normalized spacial score (nSPS) is 23.9. The first kappa shape index (κ1) is 18.8. The van der Waals surface area contributed by atoms with Gasteiger partial charge in [-0.15, -0.1) is 0 Å². The number of benzene rings is 1. The molecule has 11 heteroatoms. The van der Waals surface area contributed by atoms with Gasteiger partial charge in [0.15, 0.2) is 0 Å². The van der Waals surface area contributed by atoms with Gasteiger partial charge in [0.1, 0.15) is 11.3 Å². The summed E-state index contributed by atoms with van der Waals surface area (Å²) < 4.78 is 78.2.